The summed E-state index contributed by atoms with van der Waals surface area (Å²) in [5.41, 5.74) is 2.37. The molecule has 208 valence electrons. The number of rotatable bonds is 17. The minimum absolute atomic E-state index is 0.0318. The molecule has 10 heteroatoms. The standard InChI is InChI=1S/C28H40N4O6/c1-31(19-21-7-6-8-24(15-21)32-27(36)18-30-28(32)37)12-14-38-13-5-3-2-4-11-29-17-26(35)22-9-10-25(34)23(16-22)20-33/h6-10,15-16,18,26,29,33-36H,2-5,11-14,17,19-20H2,1H3,(H,30,37)/t26-/m0/s1. The highest BCUT2D eigenvalue weighted by Crippen LogP contribution is 2.22. The minimum atomic E-state index is -0.687. The van der Waals surface area contributed by atoms with Gasteiger partial charge in [-0.2, -0.15) is 0 Å². The lowest BCUT2D eigenvalue weighted by atomic mass is 10.1. The fraction of sp³-hybridized carbons (Fsp3) is 0.464. The average molecular weight is 529 g/mol. The number of hydrogen-bond donors (Lipinski definition) is 6. The number of aromatic amines is 1. The van der Waals surface area contributed by atoms with Gasteiger partial charge in [-0.25, -0.2) is 9.36 Å². The van der Waals surface area contributed by atoms with Crippen LogP contribution in [0.1, 0.15) is 48.5 Å². The first kappa shape index (κ1) is 29.4. The molecule has 0 spiro atoms. The van der Waals surface area contributed by atoms with Gasteiger partial charge in [-0.15, -0.1) is 0 Å². The van der Waals surface area contributed by atoms with Crippen LogP contribution in [0.25, 0.3) is 5.69 Å². The monoisotopic (exact) mass is 528 g/mol. The van der Waals surface area contributed by atoms with Gasteiger partial charge in [-0.1, -0.05) is 31.0 Å². The zero-order valence-corrected chi connectivity index (χ0v) is 22.0. The minimum Gasteiger partial charge on any atom is -0.508 e. The number of aromatic hydroxyl groups is 2. The van der Waals surface area contributed by atoms with E-state index in [0.29, 0.717) is 36.5 Å². The molecule has 6 N–H and O–H groups in total. The second kappa shape index (κ2) is 15.3. The van der Waals surface area contributed by atoms with Crippen LogP contribution in [0.5, 0.6) is 11.6 Å². The number of imidazole rings is 1. The zero-order valence-electron chi connectivity index (χ0n) is 22.0. The van der Waals surface area contributed by atoms with E-state index in [4.69, 9.17) is 4.74 Å². The predicted octanol–water partition coefficient (Wildman–Crippen LogP) is 2.40. The summed E-state index contributed by atoms with van der Waals surface area (Å²) in [6.07, 6.45) is 4.76. The Labute approximate surface area is 223 Å². The first-order valence-electron chi connectivity index (χ1n) is 13.1. The molecule has 0 aliphatic heterocycles. The summed E-state index contributed by atoms with van der Waals surface area (Å²) in [6, 6.07) is 12.3. The van der Waals surface area contributed by atoms with Gasteiger partial charge in [0.2, 0.25) is 5.88 Å². The van der Waals surface area contributed by atoms with Crippen molar-refractivity contribution in [2.24, 2.45) is 0 Å². The molecule has 10 nitrogen and oxygen atoms in total. The van der Waals surface area contributed by atoms with Crippen molar-refractivity contribution in [2.45, 2.75) is 44.9 Å². The number of phenols is 1. The third-order valence-corrected chi connectivity index (χ3v) is 6.38. The molecule has 3 rings (SSSR count). The Bertz CT molecular complexity index is 1180. The van der Waals surface area contributed by atoms with Gasteiger partial charge in [0.1, 0.15) is 5.75 Å². The number of nitrogens with one attached hydrogen (secondary N) is 2. The molecular weight excluding hydrogens is 488 g/mol. The van der Waals surface area contributed by atoms with E-state index in [0.717, 1.165) is 50.9 Å². The van der Waals surface area contributed by atoms with Crippen LogP contribution in [0.4, 0.5) is 0 Å². The maximum absolute atomic E-state index is 11.9. The molecule has 0 aliphatic carbocycles. The van der Waals surface area contributed by atoms with Gasteiger partial charge in [0.15, 0.2) is 0 Å². The third-order valence-electron chi connectivity index (χ3n) is 6.38. The van der Waals surface area contributed by atoms with Crippen molar-refractivity contribution in [1.29, 1.82) is 0 Å². The molecule has 0 fully saturated rings. The van der Waals surface area contributed by atoms with Crippen LogP contribution in [0.2, 0.25) is 0 Å². The van der Waals surface area contributed by atoms with Crippen molar-refractivity contribution >= 4 is 0 Å². The Balaban J connectivity index is 1.21. The SMILES string of the molecule is CN(CCOCCCCCCNC[C@H](O)c1ccc(O)c(CO)c1)Cc1cccc(-n2c(O)c[nH]c2=O)c1. The number of hydrogen-bond acceptors (Lipinski definition) is 8. The van der Waals surface area contributed by atoms with Gasteiger partial charge in [-0.3, -0.25) is 4.90 Å². The van der Waals surface area contributed by atoms with Crippen molar-refractivity contribution in [3.05, 3.63) is 75.8 Å². The van der Waals surface area contributed by atoms with Gasteiger partial charge in [0.25, 0.3) is 0 Å². The van der Waals surface area contributed by atoms with Crippen molar-refractivity contribution in [3.63, 3.8) is 0 Å². The lowest BCUT2D eigenvalue weighted by Crippen LogP contribution is -2.23. The summed E-state index contributed by atoms with van der Waals surface area (Å²) in [4.78, 5) is 16.5. The van der Waals surface area contributed by atoms with Crippen LogP contribution in [-0.4, -0.2) is 74.8 Å². The predicted molar refractivity (Wildman–Crippen MR) is 146 cm³/mol. The molecule has 0 aliphatic rings. The number of likely N-dealkylation sites (N-methyl/N-ethyl adjacent to an activating group) is 1. The molecule has 1 heterocycles. The van der Waals surface area contributed by atoms with Crippen molar-refractivity contribution in [3.8, 4) is 17.3 Å². The summed E-state index contributed by atoms with van der Waals surface area (Å²) in [6.45, 7) is 3.82. The molecule has 1 aromatic heterocycles. The maximum atomic E-state index is 11.9. The summed E-state index contributed by atoms with van der Waals surface area (Å²) in [5.74, 6) is -0.0862. The Kier molecular flexibility index (Phi) is 11.8. The molecule has 0 radical (unpaired) electrons. The Morgan fingerprint density at radius 3 is 2.66 bits per heavy atom. The smallest absolute Gasteiger partial charge is 0.333 e. The lowest BCUT2D eigenvalue weighted by Gasteiger charge is -2.17. The molecule has 3 aromatic rings. The van der Waals surface area contributed by atoms with Crippen molar-refractivity contribution in [1.82, 2.24) is 19.8 Å². The fourth-order valence-electron chi connectivity index (χ4n) is 4.22. The maximum Gasteiger partial charge on any atom is 0.333 e. The number of benzene rings is 2. The summed E-state index contributed by atoms with van der Waals surface area (Å²) in [5, 5.41) is 42.3. The van der Waals surface area contributed by atoms with E-state index in [1.54, 1.807) is 18.2 Å². The molecule has 2 aromatic carbocycles. The van der Waals surface area contributed by atoms with Crippen LogP contribution in [-0.2, 0) is 17.9 Å². The normalized spacial score (nSPS) is 12.3. The summed E-state index contributed by atoms with van der Waals surface area (Å²) < 4.78 is 7.02. The number of H-pyrrole nitrogens is 1. The first-order chi connectivity index (χ1) is 18.4. The molecule has 0 unspecified atom stereocenters. The quantitative estimate of drug-likeness (QED) is 0.147. The number of aromatic nitrogens is 2. The van der Waals surface area contributed by atoms with Gasteiger partial charge < -0.3 is 35.5 Å². The van der Waals surface area contributed by atoms with Crippen LogP contribution in [0, 0.1) is 0 Å². The summed E-state index contributed by atoms with van der Waals surface area (Å²) >= 11 is 0. The van der Waals surface area contributed by atoms with Crippen LogP contribution >= 0.6 is 0 Å². The molecule has 1 atom stereocenters. The number of aliphatic hydroxyl groups excluding tert-OH is 2. The number of nitrogens with zero attached hydrogens (tertiary/aromatic N) is 2. The average Bonchev–Trinajstić information content (AvgIpc) is 3.25. The first-order valence-corrected chi connectivity index (χ1v) is 13.1. The highest BCUT2D eigenvalue weighted by molar-refractivity contribution is 5.38. The van der Waals surface area contributed by atoms with E-state index in [1.165, 1.54) is 16.8 Å². The largest absolute Gasteiger partial charge is 0.508 e. The lowest BCUT2D eigenvalue weighted by molar-refractivity contribution is 0.106. The topological polar surface area (TPSA) is 143 Å². The number of ether oxygens (including phenoxy) is 1. The third kappa shape index (κ3) is 9.00. The van der Waals surface area contributed by atoms with E-state index in [1.807, 2.05) is 25.2 Å². The summed E-state index contributed by atoms with van der Waals surface area (Å²) in [7, 11) is 2.02. The Hall–Kier alpha value is -3.15. The second-order valence-corrected chi connectivity index (χ2v) is 9.49. The number of unbranched alkanes of at least 4 members (excludes halogenated alkanes) is 3. The second-order valence-electron chi connectivity index (χ2n) is 9.49. The fourth-order valence-corrected chi connectivity index (χ4v) is 4.22. The highest BCUT2D eigenvalue weighted by atomic mass is 16.5. The van der Waals surface area contributed by atoms with Crippen LogP contribution < -0.4 is 11.0 Å². The molecule has 0 saturated carbocycles. The Morgan fingerprint density at radius 1 is 1.08 bits per heavy atom. The number of aliphatic hydroxyl groups is 2. The molecule has 0 saturated heterocycles. The van der Waals surface area contributed by atoms with E-state index in [2.05, 4.69) is 15.2 Å². The van der Waals surface area contributed by atoms with E-state index >= 15 is 0 Å². The zero-order chi connectivity index (χ0) is 27.3. The van der Waals surface area contributed by atoms with Gasteiger partial charge in [0, 0.05) is 31.8 Å². The van der Waals surface area contributed by atoms with E-state index in [9.17, 15) is 25.2 Å². The molecule has 0 bridgehead atoms. The Morgan fingerprint density at radius 2 is 1.89 bits per heavy atom. The van der Waals surface area contributed by atoms with Gasteiger partial charge in [-0.05, 0) is 61.8 Å². The van der Waals surface area contributed by atoms with Crippen molar-refractivity contribution < 1.29 is 25.2 Å². The van der Waals surface area contributed by atoms with Gasteiger partial charge >= 0.3 is 5.69 Å². The molecular formula is C28H40N4O6. The van der Waals surface area contributed by atoms with E-state index < -0.39 is 6.10 Å². The molecule has 38 heavy (non-hydrogen) atoms. The molecule has 0 amide bonds. The van der Waals surface area contributed by atoms with Crippen molar-refractivity contribution in [2.75, 3.05) is 39.9 Å². The van der Waals surface area contributed by atoms with E-state index in [-0.39, 0.29) is 23.9 Å². The van der Waals surface area contributed by atoms with Crippen LogP contribution in [0.3, 0.4) is 0 Å². The highest BCUT2D eigenvalue weighted by Gasteiger charge is 2.10. The van der Waals surface area contributed by atoms with Crippen LogP contribution in [0.15, 0.2) is 53.5 Å². The van der Waals surface area contributed by atoms with Gasteiger partial charge in [0.05, 0.1) is 31.2 Å².